The van der Waals surface area contributed by atoms with Crippen LogP contribution in [0.3, 0.4) is 0 Å². The van der Waals surface area contributed by atoms with Gasteiger partial charge in [-0.2, -0.15) is 5.10 Å². The van der Waals surface area contributed by atoms with Gasteiger partial charge in [0.2, 0.25) is 12.7 Å². The lowest BCUT2D eigenvalue weighted by Crippen LogP contribution is -2.26. The van der Waals surface area contributed by atoms with Gasteiger partial charge in [-0.15, -0.1) is 0 Å². The molecule has 1 amide bonds. The molecule has 9 nitrogen and oxygen atoms in total. The van der Waals surface area contributed by atoms with Gasteiger partial charge in [0.1, 0.15) is 11.7 Å². The van der Waals surface area contributed by atoms with Crippen LogP contribution in [0.15, 0.2) is 65.9 Å². The maximum absolute atomic E-state index is 12.8. The van der Waals surface area contributed by atoms with E-state index in [-0.39, 0.29) is 18.3 Å². The molecule has 0 saturated carbocycles. The van der Waals surface area contributed by atoms with Crippen LogP contribution < -0.4 is 20.3 Å². The first-order chi connectivity index (χ1) is 16.6. The number of rotatable bonds is 7. The average molecular weight is 478 g/mol. The highest BCUT2D eigenvalue weighted by Gasteiger charge is 2.13. The fraction of sp³-hybridized carbons (Fsp3) is 0.167. The van der Waals surface area contributed by atoms with Crippen molar-refractivity contribution in [3.05, 3.63) is 87.6 Å². The number of aromatic nitrogens is 4. The number of hydrogen-bond acceptors (Lipinski definition) is 6. The van der Waals surface area contributed by atoms with E-state index in [2.05, 4.69) is 15.4 Å². The minimum Gasteiger partial charge on any atom is -0.454 e. The van der Waals surface area contributed by atoms with Crippen molar-refractivity contribution in [2.24, 2.45) is 0 Å². The summed E-state index contributed by atoms with van der Waals surface area (Å²) in [5, 5.41) is 8.14. The van der Waals surface area contributed by atoms with Gasteiger partial charge < -0.3 is 14.8 Å². The van der Waals surface area contributed by atoms with E-state index >= 15 is 0 Å². The van der Waals surface area contributed by atoms with Gasteiger partial charge in [-0.25, -0.2) is 9.67 Å². The maximum atomic E-state index is 12.8. The normalized spacial score (nSPS) is 12.5. The zero-order valence-electron chi connectivity index (χ0n) is 18.0. The number of halogens is 1. The molecule has 0 saturated heterocycles. The highest BCUT2D eigenvalue weighted by molar-refractivity contribution is 6.30. The standard InChI is InChI=1S/C24H20ClN5O4/c25-18-5-1-17(2-6-18)13-29-14-27-23-19(24(29)32)12-28-30(23)10-9-26-22(31)8-4-16-3-7-20-21(11-16)34-15-33-20/h1-8,11-12,14H,9-10,13,15H2,(H,26,31)/b8-4+. The second-order valence-electron chi connectivity index (χ2n) is 7.65. The number of nitrogens with one attached hydrogen (secondary N) is 1. The molecule has 0 bridgehead atoms. The van der Waals surface area contributed by atoms with Crippen molar-refractivity contribution in [1.82, 2.24) is 24.6 Å². The second-order valence-corrected chi connectivity index (χ2v) is 8.08. The van der Waals surface area contributed by atoms with E-state index in [0.29, 0.717) is 47.2 Å². The third-order valence-corrected chi connectivity index (χ3v) is 5.59. The summed E-state index contributed by atoms with van der Waals surface area (Å²) >= 11 is 5.92. The first kappa shape index (κ1) is 21.7. The third kappa shape index (κ3) is 4.65. The Labute approximate surface area is 199 Å². The Morgan fingerprint density at radius 2 is 1.97 bits per heavy atom. The molecule has 0 aliphatic carbocycles. The fourth-order valence-corrected chi connectivity index (χ4v) is 3.72. The SMILES string of the molecule is O=C(/C=C/c1ccc2c(c1)OCO2)NCCn1ncc2c(=O)n(Cc3ccc(Cl)cc3)cnc21. The fourth-order valence-electron chi connectivity index (χ4n) is 3.59. The number of amides is 1. The average Bonchev–Trinajstić information content (AvgIpc) is 3.48. The van der Waals surface area contributed by atoms with Crippen LogP contribution in [0.5, 0.6) is 11.5 Å². The molecular weight excluding hydrogens is 458 g/mol. The minimum absolute atomic E-state index is 0.179. The first-order valence-electron chi connectivity index (χ1n) is 10.6. The summed E-state index contributed by atoms with van der Waals surface area (Å²) in [6.45, 7) is 1.30. The Balaban J connectivity index is 1.19. The highest BCUT2D eigenvalue weighted by Crippen LogP contribution is 2.32. The lowest BCUT2D eigenvalue weighted by Gasteiger charge is -2.07. The molecule has 172 valence electrons. The van der Waals surface area contributed by atoms with Crippen LogP contribution in [0.25, 0.3) is 17.1 Å². The number of fused-ring (bicyclic) bond motifs is 2. The van der Waals surface area contributed by atoms with Crippen LogP contribution in [-0.2, 0) is 17.9 Å². The summed E-state index contributed by atoms with van der Waals surface area (Å²) in [6, 6.07) is 12.8. The van der Waals surface area contributed by atoms with E-state index in [1.165, 1.54) is 23.2 Å². The van der Waals surface area contributed by atoms with Crippen LogP contribution in [0.2, 0.25) is 5.02 Å². The molecule has 2 aromatic carbocycles. The van der Waals surface area contributed by atoms with E-state index in [1.54, 1.807) is 29.0 Å². The maximum Gasteiger partial charge on any atom is 0.264 e. The lowest BCUT2D eigenvalue weighted by atomic mass is 10.2. The van der Waals surface area contributed by atoms with E-state index < -0.39 is 0 Å². The summed E-state index contributed by atoms with van der Waals surface area (Å²) in [5.41, 5.74) is 2.07. The van der Waals surface area contributed by atoms with Crippen LogP contribution in [0.4, 0.5) is 0 Å². The molecule has 1 aliphatic heterocycles. The predicted molar refractivity (Wildman–Crippen MR) is 127 cm³/mol. The molecule has 0 fully saturated rings. The van der Waals surface area contributed by atoms with Gasteiger partial charge in [0.05, 0.1) is 19.3 Å². The zero-order valence-corrected chi connectivity index (χ0v) is 18.7. The van der Waals surface area contributed by atoms with Crippen molar-refractivity contribution in [1.29, 1.82) is 0 Å². The number of carbonyl (C=O) groups is 1. The van der Waals surface area contributed by atoms with Crippen molar-refractivity contribution in [3.8, 4) is 11.5 Å². The number of ether oxygens (including phenoxy) is 2. The van der Waals surface area contributed by atoms with Gasteiger partial charge in [-0.1, -0.05) is 29.8 Å². The molecule has 0 spiro atoms. The zero-order chi connectivity index (χ0) is 23.5. The largest absolute Gasteiger partial charge is 0.454 e. The molecule has 1 aliphatic rings. The smallest absolute Gasteiger partial charge is 0.264 e. The summed E-state index contributed by atoms with van der Waals surface area (Å²) in [6.07, 6.45) is 6.16. The topological polar surface area (TPSA) is 100 Å². The third-order valence-electron chi connectivity index (χ3n) is 5.34. The van der Waals surface area contributed by atoms with Crippen molar-refractivity contribution in [3.63, 3.8) is 0 Å². The van der Waals surface area contributed by atoms with Crippen molar-refractivity contribution >= 4 is 34.6 Å². The molecule has 2 aromatic heterocycles. The quantitative estimate of drug-likeness (QED) is 0.411. The Kier molecular flexibility index (Phi) is 6.01. The minimum atomic E-state index is -0.243. The van der Waals surface area contributed by atoms with E-state index in [9.17, 15) is 9.59 Å². The molecule has 1 N–H and O–H groups in total. The monoisotopic (exact) mass is 477 g/mol. The van der Waals surface area contributed by atoms with Crippen LogP contribution in [0, 0.1) is 0 Å². The molecule has 34 heavy (non-hydrogen) atoms. The molecule has 0 radical (unpaired) electrons. The molecule has 10 heteroatoms. The number of nitrogens with zero attached hydrogens (tertiary/aromatic N) is 4. The molecular formula is C24H20ClN5O4. The first-order valence-corrected chi connectivity index (χ1v) is 11.0. The second kappa shape index (κ2) is 9.40. The van der Waals surface area contributed by atoms with Crippen LogP contribution in [-0.4, -0.2) is 38.6 Å². The van der Waals surface area contributed by atoms with Crippen LogP contribution in [0.1, 0.15) is 11.1 Å². The molecule has 3 heterocycles. The lowest BCUT2D eigenvalue weighted by molar-refractivity contribution is -0.116. The van der Waals surface area contributed by atoms with Gasteiger partial charge in [0.15, 0.2) is 17.1 Å². The number of hydrogen-bond donors (Lipinski definition) is 1. The predicted octanol–water partition coefficient (Wildman–Crippen LogP) is 2.85. The number of carbonyl (C=O) groups excluding carboxylic acids is 1. The van der Waals surface area contributed by atoms with E-state index in [1.807, 2.05) is 24.3 Å². The molecule has 4 aromatic rings. The van der Waals surface area contributed by atoms with Crippen molar-refractivity contribution in [2.45, 2.75) is 13.1 Å². The summed E-state index contributed by atoms with van der Waals surface area (Å²) in [4.78, 5) is 29.4. The summed E-state index contributed by atoms with van der Waals surface area (Å²) in [5.74, 6) is 1.11. The van der Waals surface area contributed by atoms with Gasteiger partial charge in [0, 0.05) is 17.6 Å². The van der Waals surface area contributed by atoms with Gasteiger partial charge in [-0.3, -0.25) is 14.2 Å². The number of benzene rings is 2. The summed E-state index contributed by atoms with van der Waals surface area (Å²) in [7, 11) is 0. The van der Waals surface area contributed by atoms with Gasteiger partial charge in [-0.05, 0) is 41.5 Å². The Hall–Kier alpha value is -4.11. The van der Waals surface area contributed by atoms with E-state index in [4.69, 9.17) is 21.1 Å². The Morgan fingerprint density at radius 1 is 1.15 bits per heavy atom. The van der Waals surface area contributed by atoms with E-state index in [0.717, 1.165) is 11.1 Å². The highest BCUT2D eigenvalue weighted by atomic mass is 35.5. The molecule has 0 unspecified atom stereocenters. The van der Waals surface area contributed by atoms with Gasteiger partial charge >= 0.3 is 0 Å². The summed E-state index contributed by atoms with van der Waals surface area (Å²) < 4.78 is 13.7. The molecule has 5 rings (SSSR count). The van der Waals surface area contributed by atoms with Crippen molar-refractivity contribution in [2.75, 3.05) is 13.3 Å². The van der Waals surface area contributed by atoms with Gasteiger partial charge in [0.25, 0.3) is 5.56 Å². The van der Waals surface area contributed by atoms with Crippen LogP contribution >= 0.6 is 11.6 Å². The Morgan fingerprint density at radius 3 is 2.82 bits per heavy atom. The molecule has 0 atom stereocenters. The van der Waals surface area contributed by atoms with Crippen molar-refractivity contribution < 1.29 is 14.3 Å². The Bertz CT molecular complexity index is 1440.